The van der Waals surface area contributed by atoms with Gasteiger partial charge < -0.3 is 9.05 Å². The fourth-order valence-corrected chi connectivity index (χ4v) is 3.48. The molecule has 0 spiro atoms. The summed E-state index contributed by atoms with van der Waals surface area (Å²) in [6.07, 6.45) is 0.729. The van der Waals surface area contributed by atoms with Crippen LogP contribution in [-0.4, -0.2) is 5.52 Å². The first-order valence-electron chi connectivity index (χ1n) is 7.59. The molecule has 23 heavy (non-hydrogen) atoms. The molecule has 0 atom stereocenters. The highest BCUT2D eigenvalue weighted by atomic mass is 31.2. The van der Waals surface area contributed by atoms with E-state index >= 15 is 0 Å². The molecule has 2 aromatic rings. The number of rotatable bonds is 7. The molecule has 0 heterocycles. The Labute approximate surface area is 137 Å². The number of hydrogen-bond donors (Lipinski definition) is 0. The zero-order chi connectivity index (χ0) is 16.9. The summed E-state index contributed by atoms with van der Waals surface area (Å²) < 4.78 is 24.0. The molecule has 2 aromatic carbocycles. The second-order valence-electron chi connectivity index (χ2n) is 5.45. The van der Waals surface area contributed by atoms with Gasteiger partial charge in [0.2, 0.25) is 0 Å². The van der Waals surface area contributed by atoms with E-state index in [-0.39, 0.29) is 6.42 Å². The zero-order valence-corrected chi connectivity index (χ0v) is 14.5. The van der Waals surface area contributed by atoms with Crippen molar-refractivity contribution in [3.8, 4) is 11.5 Å². The lowest BCUT2D eigenvalue weighted by atomic mass is 10.2. The summed E-state index contributed by atoms with van der Waals surface area (Å²) in [6, 6.07) is 14.0. The van der Waals surface area contributed by atoms with E-state index in [1.807, 2.05) is 45.0 Å². The average molecular weight is 332 g/mol. The highest BCUT2D eigenvalue weighted by molar-refractivity contribution is 7.72. The SMILES string of the molecule is CCCC(=O)P(=O)(Oc1ccc(C)cc1)Oc1ccc(C)cc1. The molecule has 0 unspecified atom stereocenters. The van der Waals surface area contributed by atoms with Crippen LogP contribution in [0.25, 0.3) is 0 Å². The Bertz CT molecular complexity index is 653. The third-order valence-electron chi connectivity index (χ3n) is 3.26. The molecule has 0 saturated heterocycles. The number of carbonyl (C=O) groups excluding carboxylic acids is 1. The lowest BCUT2D eigenvalue weighted by molar-refractivity contribution is -0.113. The van der Waals surface area contributed by atoms with Crippen molar-refractivity contribution in [1.29, 1.82) is 0 Å². The summed E-state index contributed by atoms with van der Waals surface area (Å²) in [7, 11) is -3.94. The second-order valence-corrected chi connectivity index (χ2v) is 7.31. The van der Waals surface area contributed by atoms with E-state index in [1.54, 1.807) is 24.3 Å². The molecule has 0 amide bonds. The molecule has 0 fully saturated rings. The quantitative estimate of drug-likeness (QED) is 0.647. The second kappa shape index (κ2) is 7.47. The third kappa shape index (κ3) is 4.70. The van der Waals surface area contributed by atoms with Crippen LogP contribution in [0, 0.1) is 13.8 Å². The van der Waals surface area contributed by atoms with Crippen LogP contribution in [0.5, 0.6) is 11.5 Å². The lowest BCUT2D eigenvalue weighted by Gasteiger charge is -2.18. The molecule has 0 aliphatic rings. The Morgan fingerprint density at radius 1 is 0.870 bits per heavy atom. The van der Waals surface area contributed by atoms with Crippen molar-refractivity contribution >= 4 is 13.1 Å². The van der Waals surface area contributed by atoms with Crippen LogP contribution in [0.2, 0.25) is 0 Å². The fourth-order valence-electron chi connectivity index (χ4n) is 1.95. The smallest absolute Gasteiger partial charge is 0.411 e. The molecule has 122 valence electrons. The standard InChI is InChI=1S/C18H21O4P/c1-4-5-18(19)23(20,21-16-10-6-14(2)7-11-16)22-17-12-8-15(3)9-13-17/h6-13H,4-5H2,1-3H3. The van der Waals surface area contributed by atoms with Gasteiger partial charge in [0.25, 0.3) is 5.52 Å². The lowest BCUT2D eigenvalue weighted by Crippen LogP contribution is -2.11. The van der Waals surface area contributed by atoms with Crippen LogP contribution in [0.4, 0.5) is 0 Å². The molecule has 0 radical (unpaired) electrons. The summed E-state index contributed by atoms with van der Waals surface area (Å²) in [5.41, 5.74) is 1.58. The van der Waals surface area contributed by atoms with Crippen LogP contribution < -0.4 is 9.05 Å². The van der Waals surface area contributed by atoms with E-state index in [0.29, 0.717) is 17.9 Å². The molecule has 2 rings (SSSR count). The average Bonchev–Trinajstić information content (AvgIpc) is 2.52. The topological polar surface area (TPSA) is 52.6 Å². The summed E-state index contributed by atoms with van der Waals surface area (Å²) in [5.74, 6) is 0.714. The zero-order valence-electron chi connectivity index (χ0n) is 13.6. The summed E-state index contributed by atoms with van der Waals surface area (Å²) >= 11 is 0. The first kappa shape index (κ1) is 17.3. The molecule has 0 saturated carbocycles. The van der Waals surface area contributed by atoms with Crippen molar-refractivity contribution in [2.24, 2.45) is 0 Å². The van der Waals surface area contributed by atoms with Gasteiger partial charge in [0, 0.05) is 6.42 Å². The van der Waals surface area contributed by atoms with Crippen molar-refractivity contribution < 1.29 is 18.4 Å². The van der Waals surface area contributed by atoms with Crippen LogP contribution >= 0.6 is 7.60 Å². The summed E-state index contributed by atoms with van der Waals surface area (Å²) in [4.78, 5) is 12.3. The van der Waals surface area contributed by atoms with E-state index in [9.17, 15) is 9.36 Å². The molecule has 0 aliphatic carbocycles. The molecule has 0 aliphatic heterocycles. The predicted molar refractivity (Wildman–Crippen MR) is 91.1 cm³/mol. The third-order valence-corrected chi connectivity index (χ3v) is 5.00. The molecule has 0 N–H and O–H groups in total. The minimum Gasteiger partial charge on any atom is -0.411 e. The monoisotopic (exact) mass is 332 g/mol. The van der Waals surface area contributed by atoms with E-state index in [4.69, 9.17) is 9.05 Å². The molecule has 5 heteroatoms. The normalized spacial score (nSPS) is 11.1. The summed E-state index contributed by atoms with van der Waals surface area (Å²) in [5, 5.41) is 0. The van der Waals surface area contributed by atoms with Gasteiger partial charge in [-0.2, -0.15) is 0 Å². The number of carbonyl (C=O) groups is 1. The van der Waals surface area contributed by atoms with Gasteiger partial charge in [-0.05, 0) is 44.5 Å². The first-order chi connectivity index (χ1) is 10.9. The van der Waals surface area contributed by atoms with Gasteiger partial charge in [0.1, 0.15) is 11.5 Å². The number of aryl methyl sites for hydroxylation is 2. The van der Waals surface area contributed by atoms with Gasteiger partial charge in [0.15, 0.2) is 0 Å². The van der Waals surface area contributed by atoms with Gasteiger partial charge in [-0.3, -0.25) is 4.79 Å². The summed E-state index contributed by atoms with van der Waals surface area (Å²) in [6.45, 7) is 5.73. The first-order valence-corrected chi connectivity index (χ1v) is 9.13. The van der Waals surface area contributed by atoms with Gasteiger partial charge in [-0.1, -0.05) is 42.3 Å². The maximum absolute atomic E-state index is 13.0. The van der Waals surface area contributed by atoms with E-state index < -0.39 is 13.1 Å². The van der Waals surface area contributed by atoms with Crippen LogP contribution in [0.15, 0.2) is 48.5 Å². The van der Waals surface area contributed by atoms with Crippen LogP contribution in [-0.2, 0) is 9.36 Å². The van der Waals surface area contributed by atoms with Crippen molar-refractivity contribution in [3.63, 3.8) is 0 Å². The molecule has 0 bridgehead atoms. The van der Waals surface area contributed by atoms with Gasteiger partial charge >= 0.3 is 7.60 Å². The van der Waals surface area contributed by atoms with Gasteiger partial charge in [-0.15, -0.1) is 0 Å². The van der Waals surface area contributed by atoms with Crippen molar-refractivity contribution in [1.82, 2.24) is 0 Å². The Morgan fingerprint density at radius 2 is 1.26 bits per heavy atom. The number of hydrogen-bond acceptors (Lipinski definition) is 4. The van der Waals surface area contributed by atoms with Gasteiger partial charge in [0.05, 0.1) is 0 Å². The van der Waals surface area contributed by atoms with Crippen LogP contribution in [0.1, 0.15) is 30.9 Å². The highest BCUT2D eigenvalue weighted by Crippen LogP contribution is 2.50. The van der Waals surface area contributed by atoms with Crippen LogP contribution in [0.3, 0.4) is 0 Å². The molecule has 4 nitrogen and oxygen atoms in total. The van der Waals surface area contributed by atoms with E-state index in [1.165, 1.54) is 0 Å². The number of benzene rings is 2. The Balaban J connectivity index is 2.27. The molecule has 0 aromatic heterocycles. The van der Waals surface area contributed by atoms with E-state index in [0.717, 1.165) is 11.1 Å². The van der Waals surface area contributed by atoms with Crippen molar-refractivity contribution in [3.05, 3.63) is 59.7 Å². The Hall–Kier alpha value is -2.06. The fraction of sp³-hybridized carbons (Fsp3) is 0.278. The Kier molecular flexibility index (Phi) is 5.62. The molecular weight excluding hydrogens is 311 g/mol. The maximum Gasteiger partial charge on any atom is 0.498 e. The largest absolute Gasteiger partial charge is 0.498 e. The van der Waals surface area contributed by atoms with Crippen molar-refractivity contribution in [2.45, 2.75) is 33.6 Å². The predicted octanol–water partition coefficient (Wildman–Crippen LogP) is 5.28. The van der Waals surface area contributed by atoms with E-state index in [2.05, 4.69) is 0 Å². The maximum atomic E-state index is 13.0. The minimum absolute atomic E-state index is 0.148. The van der Waals surface area contributed by atoms with Gasteiger partial charge in [-0.25, -0.2) is 4.57 Å². The Morgan fingerprint density at radius 3 is 1.61 bits per heavy atom. The highest BCUT2D eigenvalue weighted by Gasteiger charge is 2.37. The minimum atomic E-state index is -3.94. The molecular formula is C18H21O4P. The van der Waals surface area contributed by atoms with Crippen molar-refractivity contribution in [2.75, 3.05) is 0 Å².